The van der Waals surface area contributed by atoms with Gasteiger partial charge < -0.3 is 11.1 Å². The van der Waals surface area contributed by atoms with Crippen molar-refractivity contribution in [3.63, 3.8) is 0 Å². The van der Waals surface area contributed by atoms with E-state index in [9.17, 15) is 4.79 Å². The molecular weight excluding hydrogens is 284 g/mol. The summed E-state index contributed by atoms with van der Waals surface area (Å²) in [5.74, 6) is -0.235. The Hall–Kier alpha value is -3.03. The van der Waals surface area contributed by atoms with Gasteiger partial charge in [-0.25, -0.2) is 14.6 Å². The van der Waals surface area contributed by atoms with Crippen LogP contribution in [0.25, 0.3) is 11.2 Å². The van der Waals surface area contributed by atoms with Gasteiger partial charge >= 0.3 is 0 Å². The van der Waals surface area contributed by atoms with Gasteiger partial charge in [-0.05, 0) is 29.4 Å². The number of nitrogens with zero attached hydrogens (tertiary/aromatic N) is 4. The molecule has 0 bridgehead atoms. The summed E-state index contributed by atoms with van der Waals surface area (Å²) < 4.78 is 4.66. The largest absolute Gasteiger partial charge is 0.396 e. The number of carbonyl (C=O) groups excluding carboxylic acids is 1. The first-order valence-electron chi connectivity index (χ1n) is 6.65. The van der Waals surface area contributed by atoms with Gasteiger partial charge in [0.15, 0.2) is 5.52 Å². The number of nitrogen functional groups attached to an aromatic ring is 1. The van der Waals surface area contributed by atoms with Gasteiger partial charge in [-0.3, -0.25) is 4.79 Å². The van der Waals surface area contributed by atoms with Crippen molar-refractivity contribution in [2.24, 2.45) is 0 Å². The molecule has 0 unspecified atom stereocenters. The molecule has 0 atom stereocenters. The number of nitrogens with one attached hydrogen (secondary N) is 1. The molecule has 0 aliphatic rings. The van der Waals surface area contributed by atoms with Crippen molar-refractivity contribution in [1.29, 1.82) is 0 Å². The lowest BCUT2D eigenvalue weighted by atomic mass is 10.0. The maximum atomic E-state index is 11.7. The van der Waals surface area contributed by atoms with E-state index in [1.165, 1.54) is 0 Å². The minimum atomic E-state index is -0.235. The van der Waals surface area contributed by atoms with Crippen LogP contribution in [0.5, 0.6) is 0 Å². The molecule has 8 heteroatoms. The average Bonchev–Trinajstić information content (AvgIpc) is 2.99. The van der Waals surface area contributed by atoms with Crippen molar-refractivity contribution in [3.8, 4) is 0 Å². The van der Waals surface area contributed by atoms with Crippen molar-refractivity contribution in [1.82, 2.24) is 25.6 Å². The van der Waals surface area contributed by atoms with Gasteiger partial charge in [0.1, 0.15) is 5.69 Å². The number of hydrogen-bond acceptors (Lipinski definition) is 7. The topological polar surface area (TPSA) is 120 Å². The second-order valence-electron chi connectivity index (χ2n) is 4.80. The third-order valence-electron chi connectivity index (χ3n) is 3.39. The van der Waals surface area contributed by atoms with Crippen LogP contribution < -0.4 is 11.1 Å². The molecule has 3 aromatic rings. The molecule has 0 aromatic carbocycles. The van der Waals surface area contributed by atoms with E-state index in [-0.39, 0.29) is 5.91 Å². The first-order chi connectivity index (χ1) is 10.6. The lowest BCUT2D eigenvalue weighted by Gasteiger charge is -2.09. The Labute approximate surface area is 125 Å². The molecule has 0 radical (unpaired) electrons. The number of rotatable bonds is 3. The molecule has 3 N–H and O–H groups in total. The molecule has 112 valence electrons. The van der Waals surface area contributed by atoms with E-state index in [0.717, 1.165) is 11.3 Å². The predicted molar refractivity (Wildman–Crippen MR) is 79.2 cm³/mol. The van der Waals surface area contributed by atoms with Crippen LogP contribution in [0, 0.1) is 6.92 Å². The predicted octanol–water partition coefficient (Wildman–Crippen LogP) is 0.854. The minimum Gasteiger partial charge on any atom is -0.396 e. The van der Waals surface area contributed by atoms with E-state index in [0.29, 0.717) is 34.7 Å². The fourth-order valence-electron chi connectivity index (χ4n) is 2.23. The summed E-state index contributed by atoms with van der Waals surface area (Å²) in [6, 6.07) is 5.26. The lowest BCUT2D eigenvalue weighted by molar-refractivity contribution is 0.0958. The molecule has 22 heavy (non-hydrogen) atoms. The zero-order valence-electron chi connectivity index (χ0n) is 12.1. The monoisotopic (exact) mass is 298 g/mol. The number of aromatic nitrogens is 4. The Morgan fingerprint density at radius 1 is 1.32 bits per heavy atom. The van der Waals surface area contributed by atoms with Crippen LogP contribution in [-0.4, -0.2) is 33.2 Å². The van der Waals surface area contributed by atoms with Gasteiger partial charge in [0.05, 0.1) is 5.69 Å². The third kappa shape index (κ3) is 2.34. The van der Waals surface area contributed by atoms with E-state index < -0.39 is 0 Å². The molecule has 1 amide bonds. The SMILES string of the molecule is CNC(=O)c1cccc(Cc2c(C)nc3nonc3c2N)n1. The average molecular weight is 298 g/mol. The Bertz CT molecular complexity index is 858. The van der Waals surface area contributed by atoms with E-state index in [1.54, 1.807) is 19.2 Å². The molecule has 0 aliphatic heterocycles. The van der Waals surface area contributed by atoms with Gasteiger partial charge in [-0.15, -0.1) is 0 Å². The van der Waals surface area contributed by atoms with Crippen LogP contribution in [0.3, 0.4) is 0 Å². The minimum absolute atomic E-state index is 0.235. The number of aryl methyl sites for hydroxylation is 1. The number of fused-ring (bicyclic) bond motifs is 1. The van der Waals surface area contributed by atoms with Gasteiger partial charge in [0, 0.05) is 30.4 Å². The highest BCUT2D eigenvalue weighted by atomic mass is 16.6. The van der Waals surface area contributed by atoms with Gasteiger partial charge in [-0.1, -0.05) is 6.07 Å². The summed E-state index contributed by atoms with van der Waals surface area (Å²) in [5.41, 5.74) is 10.0. The lowest BCUT2D eigenvalue weighted by Crippen LogP contribution is -2.19. The second-order valence-corrected chi connectivity index (χ2v) is 4.80. The summed E-state index contributed by atoms with van der Waals surface area (Å²) >= 11 is 0. The number of anilines is 1. The molecule has 3 aromatic heterocycles. The van der Waals surface area contributed by atoms with Crippen LogP contribution in [0.2, 0.25) is 0 Å². The summed E-state index contributed by atoms with van der Waals surface area (Å²) in [4.78, 5) is 20.3. The quantitative estimate of drug-likeness (QED) is 0.735. The fourth-order valence-corrected chi connectivity index (χ4v) is 2.23. The van der Waals surface area contributed by atoms with Crippen LogP contribution in [0.1, 0.15) is 27.4 Å². The first kappa shape index (κ1) is 13.9. The molecule has 0 saturated carbocycles. The summed E-state index contributed by atoms with van der Waals surface area (Å²) in [5, 5.41) is 10.0. The van der Waals surface area contributed by atoms with Crippen LogP contribution in [-0.2, 0) is 6.42 Å². The van der Waals surface area contributed by atoms with Crippen molar-refractivity contribution < 1.29 is 9.42 Å². The number of amides is 1. The Kier molecular flexibility index (Phi) is 3.42. The maximum absolute atomic E-state index is 11.7. The zero-order valence-corrected chi connectivity index (χ0v) is 12.1. The Balaban J connectivity index is 2.01. The fraction of sp³-hybridized carbons (Fsp3) is 0.214. The van der Waals surface area contributed by atoms with Crippen molar-refractivity contribution in [2.45, 2.75) is 13.3 Å². The molecule has 0 fully saturated rings. The number of nitrogens with two attached hydrogens (primary N) is 1. The third-order valence-corrected chi connectivity index (χ3v) is 3.39. The summed E-state index contributed by atoms with van der Waals surface area (Å²) in [6.45, 7) is 1.84. The zero-order chi connectivity index (χ0) is 15.7. The summed E-state index contributed by atoms with van der Waals surface area (Å²) in [6.07, 6.45) is 0.443. The van der Waals surface area contributed by atoms with E-state index in [4.69, 9.17) is 5.73 Å². The standard InChI is InChI=1S/C14H14N6O2/c1-7-9(11(15)12-13(17-7)20-22-19-12)6-8-4-3-5-10(18-8)14(21)16-2/h3-5H,6,15H2,1-2H3,(H,16,21). The highest BCUT2D eigenvalue weighted by Crippen LogP contribution is 2.25. The van der Waals surface area contributed by atoms with Crippen LogP contribution in [0.4, 0.5) is 5.69 Å². The molecule has 0 spiro atoms. The van der Waals surface area contributed by atoms with Crippen molar-refractivity contribution >= 4 is 22.8 Å². The van der Waals surface area contributed by atoms with Crippen molar-refractivity contribution in [3.05, 3.63) is 40.8 Å². The molecule has 0 aliphatic carbocycles. The summed E-state index contributed by atoms with van der Waals surface area (Å²) in [7, 11) is 1.56. The van der Waals surface area contributed by atoms with Crippen LogP contribution >= 0.6 is 0 Å². The van der Waals surface area contributed by atoms with Gasteiger partial charge in [0.2, 0.25) is 5.65 Å². The highest BCUT2D eigenvalue weighted by Gasteiger charge is 2.15. The normalized spacial score (nSPS) is 10.8. The Morgan fingerprint density at radius 2 is 2.14 bits per heavy atom. The van der Waals surface area contributed by atoms with E-state index in [2.05, 4.69) is 30.2 Å². The molecule has 8 nitrogen and oxygen atoms in total. The molecular formula is C14H14N6O2. The number of hydrogen-bond donors (Lipinski definition) is 2. The molecule has 0 saturated heterocycles. The van der Waals surface area contributed by atoms with Gasteiger partial charge in [-0.2, -0.15) is 0 Å². The number of pyridine rings is 2. The van der Waals surface area contributed by atoms with E-state index in [1.807, 2.05) is 13.0 Å². The Morgan fingerprint density at radius 3 is 2.91 bits per heavy atom. The highest BCUT2D eigenvalue weighted by molar-refractivity contribution is 5.92. The van der Waals surface area contributed by atoms with Crippen molar-refractivity contribution in [2.75, 3.05) is 12.8 Å². The first-order valence-corrected chi connectivity index (χ1v) is 6.65. The van der Waals surface area contributed by atoms with Gasteiger partial charge in [0.25, 0.3) is 5.91 Å². The number of carbonyl (C=O) groups is 1. The molecule has 3 heterocycles. The maximum Gasteiger partial charge on any atom is 0.269 e. The van der Waals surface area contributed by atoms with Crippen LogP contribution in [0.15, 0.2) is 22.8 Å². The second kappa shape index (κ2) is 5.40. The smallest absolute Gasteiger partial charge is 0.269 e. The molecule has 3 rings (SSSR count). The van der Waals surface area contributed by atoms with E-state index >= 15 is 0 Å².